The molecule has 1 aliphatic heterocycles. The van der Waals surface area contributed by atoms with Gasteiger partial charge in [-0.05, 0) is 37.6 Å². The topological polar surface area (TPSA) is 46.2 Å². The van der Waals surface area contributed by atoms with E-state index in [0.29, 0.717) is 18.9 Å². The number of ether oxygens (including phenoxy) is 1. The molecule has 0 saturated carbocycles. The molecule has 0 amide bonds. The lowest BCUT2D eigenvalue weighted by molar-refractivity contribution is 0.281. The van der Waals surface area contributed by atoms with Gasteiger partial charge in [-0.15, -0.1) is 0 Å². The summed E-state index contributed by atoms with van der Waals surface area (Å²) in [5.41, 5.74) is 3.03. The van der Waals surface area contributed by atoms with Crippen molar-refractivity contribution in [1.82, 2.24) is 4.98 Å². The van der Waals surface area contributed by atoms with Crippen LogP contribution in [0.3, 0.4) is 0 Å². The largest absolute Gasteiger partial charge is 0.474 e. The van der Waals surface area contributed by atoms with Crippen molar-refractivity contribution in [3.63, 3.8) is 0 Å². The van der Waals surface area contributed by atoms with Crippen molar-refractivity contribution in [2.75, 3.05) is 23.8 Å². The molecule has 0 radical (unpaired) electrons. The number of fused-ring (bicyclic) bond motifs is 1. The molecule has 2 heterocycles. The van der Waals surface area contributed by atoms with Crippen molar-refractivity contribution < 1.29 is 9.13 Å². The number of nitrogens with zero attached hydrogens (tertiary/aromatic N) is 1. The van der Waals surface area contributed by atoms with Gasteiger partial charge in [0.25, 0.3) is 0 Å². The number of benzene rings is 1. The van der Waals surface area contributed by atoms with E-state index in [0.717, 1.165) is 29.2 Å². The zero-order valence-electron chi connectivity index (χ0n) is 12.8. The van der Waals surface area contributed by atoms with Gasteiger partial charge < -0.3 is 15.4 Å². The van der Waals surface area contributed by atoms with Gasteiger partial charge in [0.15, 0.2) is 0 Å². The lowest BCUT2D eigenvalue weighted by Gasteiger charge is -2.25. The molecule has 1 unspecified atom stereocenters. The predicted molar refractivity (Wildman–Crippen MR) is 86.2 cm³/mol. The van der Waals surface area contributed by atoms with Gasteiger partial charge in [-0.3, -0.25) is 0 Å². The summed E-state index contributed by atoms with van der Waals surface area (Å²) in [6.07, 6.45) is 0.693. The number of hydrogen-bond acceptors (Lipinski definition) is 4. The second kappa shape index (κ2) is 6.22. The second-order valence-electron chi connectivity index (χ2n) is 5.54. The third-order valence-corrected chi connectivity index (χ3v) is 3.59. The van der Waals surface area contributed by atoms with Crippen molar-refractivity contribution in [1.29, 1.82) is 0 Å². The molecule has 2 aromatic rings. The summed E-state index contributed by atoms with van der Waals surface area (Å²) in [6.45, 7) is 5.50. The van der Waals surface area contributed by atoms with E-state index in [1.807, 2.05) is 6.92 Å². The van der Waals surface area contributed by atoms with Crippen LogP contribution in [0.25, 0.3) is 0 Å². The molecular formula is C17H20FN3O. The van der Waals surface area contributed by atoms with Crippen LogP contribution in [0, 0.1) is 5.82 Å². The molecule has 1 atom stereocenters. The molecule has 2 N–H and O–H groups in total. The molecule has 0 bridgehead atoms. The van der Waals surface area contributed by atoms with Crippen molar-refractivity contribution >= 4 is 11.5 Å². The summed E-state index contributed by atoms with van der Waals surface area (Å²) in [4.78, 5) is 4.58. The van der Waals surface area contributed by atoms with Crippen LogP contribution in [0.15, 0.2) is 30.3 Å². The number of halogens is 1. The Morgan fingerprint density at radius 2 is 2.14 bits per heavy atom. The first kappa shape index (κ1) is 14.6. The van der Waals surface area contributed by atoms with E-state index in [9.17, 15) is 4.39 Å². The molecule has 1 aromatic carbocycles. The van der Waals surface area contributed by atoms with Crippen molar-refractivity contribution in [2.45, 2.75) is 26.3 Å². The SMILES string of the molecule is CCNc1nc2c(cc1Cc1ccc(F)cc1)NC(C)CO2. The van der Waals surface area contributed by atoms with E-state index >= 15 is 0 Å². The molecule has 3 rings (SSSR count). The van der Waals surface area contributed by atoms with Gasteiger partial charge in [-0.2, -0.15) is 4.98 Å². The zero-order chi connectivity index (χ0) is 15.5. The molecule has 0 spiro atoms. The van der Waals surface area contributed by atoms with Crippen molar-refractivity contribution in [3.05, 3.63) is 47.3 Å². The average Bonchev–Trinajstić information content (AvgIpc) is 2.50. The Balaban J connectivity index is 1.93. The highest BCUT2D eigenvalue weighted by Crippen LogP contribution is 2.32. The normalized spacial score (nSPS) is 16.4. The number of aromatic nitrogens is 1. The quantitative estimate of drug-likeness (QED) is 0.908. The number of hydrogen-bond donors (Lipinski definition) is 2. The first-order chi connectivity index (χ1) is 10.7. The van der Waals surface area contributed by atoms with Crippen LogP contribution in [0.1, 0.15) is 25.0 Å². The fourth-order valence-electron chi connectivity index (χ4n) is 2.54. The molecule has 4 nitrogen and oxygen atoms in total. The minimum atomic E-state index is -0.219. The summed E-state index contributed by atoms with van der Waals surface area (Å²) in [7, 11) is 0. The fraction of sp³-hybridized carbons (Fsp3) is 0.353. The highest BCUT2D eigenvalue weighted by Gasteiger charge is 2.19. The minimum Gasteiger partial charge on any atom is -0.474 e. The standard InChI is InChI=1S/C17H20FN3O/c1-3-19-16-13(8-12-4-6-14(18)7-5-12)9-15-17(21-16)22-10-11(2)20-15/h4-7,9,11,20H,3,8,10H2,1-2H3,(H,19,21). The number of anilines is 2. The summed E-state index contributed by atoms with van der Waals surface area (Å²) < 4.78 is 18.7. The first-order valence-electron chi connectivity index (χ1n) is 7.57. The molecule has 0 fully saturated rings. The van der Waals surface area contributed by atoms with E-state index < -0.39 is 0 Å². The Bertz CT molecular complexity index is 658. The summed E-state index contributed by atoms with van der Waals surface area (Å²) >= 11 is 0. The summed E-state index contributed by atoms with van der Waals surface area (Å²) in [5.74, 6) is 1.24. The number of rotatable bonds is 4. The molecule has 22 heavy (non-hydrogen) atoms. The molecular weight excluding hydrogens is 281 g/mol. The average molecular weight is 301 g/mol. The van der Waals surface area contributed by atoms with E-state index in [-0.39, 0.29) is 11.9 Å². The van der Waals surface area contributed by atoms with E-state index in [1.54, 1.807) is 12.1 Å². The molecule has 116 valence electrons. The number of pyridine rings is 1. The van der Waals surface area contributed by atoms with Crippen LogP contribution in [-0.2, 0) is 6.42 Å². The summed E-state index contributed by atoms with van der Waals surface area (Å²) in [5, 5.41) is 6.67. The maximum absolute atomic E-state index is 13.0. The Labute approximate surface area is 129 Å². The second-order valence-corrected chi connectivity index (χ2v) is 5.54. The molecule has 1 aromatic heterocycles. The highest BCUT2D eigenvalue weighted by atomic mass is 19.1. The lowest BCUT2D eigenvalue weighted by Crippen LogP contribution is -2.29. The van der Waals surface area contributed by atoms with Crippen LogP contribution >= 0.6 is 0 Å². The van der Waals surface area contributed by atoms with Crippen LogP contribution in [-0.4, -0.2) is 24.2 Å². The van der Waals surface area contributed by atoms with Gasteiger partial charge in [0.1, 0.15) is 18.2 Å². The van der Waals surface area contributed by atoms with Gasteiger partial charge in [0.05, 0.1) is 11.7 Å². The predicted octanol–water partition coefficient (Wildman–Crippen LogP) is 3.44. The number of nitrogens with one attached hydrogen (secondary N) is 2. The van der Waals surface area contributed by atoms with Crippen molar-refractivity contribution in [2.24, 2.45) is 0 Å². The van der Waals surface area contributed by atoms with E-state index in [2.05, 4.69) is 28.6 Å². The van der Waals surface area contributed by atoms with Gasteiger partial charge in [0.2, 0.25) is 5.88 Å². The van der Waals surface area contributed by atoms with Gasteiger partial charge in [-0.25, -0.2) is 4.39 Å². The van der Waals surface area contributed by atoms with Gasteiger partial charge in [0, 0.05) is 18.5 Å². The lowest BCUT2D eigenvalue weighted by atomic mass is 10.0. The Kier molecular flexibility index (Phi) is 4.13. The van der Waals surface area contributed by atoms with Gasteiger partial charge >= 0.3 is 0 Å². The Morgan fingerprint density at radius 1 is 1.36 bits per heavy atom. The van der Waals surface area contributed by atoms with Crippen LogP contribution in [0.2, 0.25) is 0 Å². The molecule has 0 aliphatic carbocycles. The zero-order valence-corrected chi connectivity index (χ0v) is 12.8. The maximum atomic E-state index is 13.0. The molecule has 1 aliphatic rings. The Hall–Kier alpha value is -2.30. The van der Waals surface area contributed by atoms with Crippen LogP contribution < -0.4 is 15.4 Å². The summed E-state index contributed by atoms with van der Waals surface area (Å²) in [6, 6.07) is 8.90. The Morgan fingerprint density at radius 3 is 2.86 bits per heavy atom. The monoisotopic (exact) mass is 301 g/mol. The van der Waals surface area contributed by atoms with E-state index in [1.165, 1.54) is 12.1 Å². The highest BCUT2D eigenvalue weighted by molar-refractivity contribution is 5.63. The van der Waals surface area contributed by atoms with Crippen LogP contribution in [0.4, 0.5) is 15.9 Å². The van der Waals surface area contributed by atoms with Crippen LogP contribution in [0.5, 0.6) is 5.88 Å². The smallest absolute Gasteiger partial charge is 0.239 e. The third kappa shape index (κ3) is 3.13. The minimum absolute atomic E-state index is 0.219. The maximum Gasteiger partial charge on any atom is 0.239 e. The van der Waals surface area contributed by atoms with Crippen molar-refractivity contribution in [3.8, 4) is 5.88 Å². The first-order valence-corrected chi connectivity index (χ1v) is 7.57. The molecule has 0 saturated heterocycles. The molecule has 5 heteroatoms. The fourth-order valence-corrected chi connectivity index (χ4v) is 2.54. The van der Waals surface area contributed by atoms with E-state index in [4.69, 9.17) is 4.74 Å². The van der Waals surface area contributed by atoms with Gasteiger partial charge in [-0.1, -0.05) is 12.1 Å². The third-order valence-electron chi connectivity index (χ3n) is 3.59.